The first-order valence-corrected chi connectivity index (χ1v) is 6.80. The van der Waals surface area contributed by atoms with Crippen molar-refractivity contribution in [1.29, 1.82) is 0 Å². The Balaban J connectivity index is 2.10. The van der Waals surface area contributed by atoms with Crippen LogP contribution in [0.25, 0.3) is 0 Å². The molecule has 0 fully saturated rings. The summed E-state index contributed by atoms with van der Waals surface area (Å²) in [5.41, 5.74) is 0.208. The van der Waals surface area contributed by atoms with Crippen molar-refractivity contribution in [2.24, 2.45) is 0 Å². The highest BCUT2D eigenvalue weighted by Crippen LogP contribution is 2.12. The summed E-state index contributed by atoms with van der Waals surface area (Å²) in [7, 11) is 0. The molecule has 0 aliphatic heterocycles. The van der Waals surface area contributed by atoms with Crippen molar-refractivity contribution in [3.05, 3.63) is 12.4 Å². The van der Waals surface area contributed by atoms with Gasteiger partial charge in [0.25, 0.3) is 0 Å². The average molecular weight is 253 g/mol. The van der Waals surface area contributed by atoms with E-state index in [1.807, 2.05) is 10.9 Å². The van der Waals surface area contributed by atoms with Gasteiger partial charge in [-0.15, -0.1) is 0 Å². The first kappa shape index (κ1) is 15.0. The fourth-order valence-corrected chi connectivity index (χ4v) is 1.56. The minimum Gasteiger partial charge on any atom is -0.490 e. The topological polar surface area (TPSA) is 39.1 Å². The second-order valence-electron chi connectivity index (χ2n) is 5.98. The summed E-state index contributed by atoms with van der Waals surface area (Å²) in [5, 5.41) is 7.71. The summed E-state index contributed by atoms with van der Waals surface area (Å²) in [6.07, 6.45) is 5.94. The van der Waals surface area contributed by atoms with E-state index in [4.69, 9.17) is 4.74 Å². The third-order valence-corrected chi connectivity index (χ3v) is 2.60. The van der Waals surface area contributed by atoms with Crippen molar-refractivity contribution >= 4 is 0 Å². The van der Waals surface area contributed by atoms with Crippen LogP contribution in [-0.2, 0) is 0 Å². The number of nitrogens with one attached hydrogen (secondary N) is 1. The Morgan fingerprint density at radius 1 is 1.33 bits per heavy atom. The monoisotopic (exact) mass is 253 g/mol. The minimum absolute atomic E-state index is 0.208. The summed E-state index contributed by atoms with van der Waals surface area (Å²) in [5.74, 6) is 0.868. The number of nitrogens with zero attached hydrogens (tertiary/aromatic N) is 2. The molecule has 0 atom stereocenters. The number of ether oxygens (including phenoxy) is 1. The normalized spacial score (nSPS) is 12.1. The predicted octanol–water partition coefficient (Wildman–Crippen LogP) is 3.01. The molecule has 0 bridgehead atoms. The van der Waals surface area contributed by atoms with E-state index in [-0.39, 0.29) is 5.54 Å². The zero-order chi connectivity index (χ0) is 13.6. The van der Waals surface area contributed by atoms with Gasteiger partial charge < -0.3 is 10.1 Å². The van der Waals surface area contributed by atoms with E-state index in [9.17, 15) is 0 Å². The van der Waals surface area contributed by atoms with Crippen LogP contribution in [0.5, 0.6) is 5.75 Å². The van der Waals surface area contributed by atoms with E-state index in [1.54, 1.807) is 6.20 Å². The highest BCUT2D eigenvalue weighted by molar-refractivity contribution is 5.11. The van der Waals surface area contributed by atoms with Crippen molar-refractivity contribution in [3.63, 3.8) is 0 Å². The molecule has 0 amide bonds. The summed E-state index contributed by atoms with van der Waals surface area (Å²) >= 11 is 0. The minimum atomic E-state index is 0.208. The van der Waals surface area contributed by atoms with Gasteiger partial charge in [-0.2, -0.15) is 5.10 Å². The van der Waals surface area contributed by atoms with Gasteiger partial charge in [0.05, 0.1) is 19.0 Å². The van der Waals surface area contributed by atoms with Crippen LogP contribution in [-0.4, -0.2) is 28.5 Å². The first-order valence-electron chi connectivity index (χ1n) is 6.80. The van der Waals surface area contributed by atoms with Gasteiger partial charge >= 0.3 is 0 Å². The lowest BCUT2D eigenvalue weighted by molar-refractivity contribution is 0.300. The van der Waals surface area contributed by atoms with Crippen LogP contribution in [0.15, 0.2) is 12.4 Å². The Morgan fingerprint density at radius 2 is 2.06 bits per heavy atom. The van der Waals surface area contributed by atoms with Crippen molar-refractivity contribution in [2.75, 3.05) is 13.2 Å². The van der Waals surface area contributed by atoms with E-state index >= 15 is 0 Å². The van der Waals surface area contributed by atoms with E-state index in [1.165, 1.54) is 0 Å². The Morgan fingerprint density at radius 3 is 2.61 bits per heavy atom. The SMILES string of the molecule is CC(C)n1cc(OCCCCNC(C)(C)C)cn1. The lowest BCUT2D eigenvalue weighted by Gasteiger charge is -2.20. The number of hydrogen-bond acceptors (Lipinski definition) is 3. The van der Waals surface area contributed by atoms with Crippen LogP contribution < -0.4 is 10.1 Å². The number of aromatic nitrogens is 2. The molecule has 0 aliphatic rings. The van der Waals surface area contributed by atoms with Crippen LogP contribution in [0.2, 0.25) is 0 Å². The first-order chi connectivity index (χ1) is 8.38. The van der Waals surface area contributed by atoms with Crippen LogP contribution in [0.4, 0.5) is 0 Å². The molecule has 0 saturated carbocycles. The number of rotatable bonds is 7. The molecule has 0 radical (unpaired) electrons. The maximum atomic E-state index is 5.66. The fraction of sp³-hybridized carbons (Fsp3) is 0.786. The summed E-state index contributed by atoms with van der Waals surface area (Å²) < 4.78 is 7.57. The van der Waals surface area contributed by atoms with E-state index in [0.717, 1.165) is 31.7 Å². The van der Waals surface area contributed by atoms with Gasteiger partial charge in [-0.1, -0.05) is 0 Å². The maximum Gasteiger partial charge on any atom is 0.157 e. The number of unbranched alkanes of at least 4 members (excludes halogenated alkanes) is 1. The third kappa shape index (κ3) is 6.05. The summed E-state index contributed by atoms with van der Waals surface area (Å²) in [6.45, 7) is 12.6. The summed E-state index contributed by atoms with van der Waals surface area (Å²) in [4.78, 5) is 0. The van der Waals surface area contributed by atoms with Gasteiger partial charge in [0, 0.05) is 11.6 Å². The van der Waals surface area contributed by atoms with Crippen LogP contribution in [0, 0.1) is 0 Å². The van der Waals surface area contributed by atoms with Crippen LogP contribution in [0.3, 0.4) is 0 Å². The molecule has 0 saturated heterocycles. The molecule has 0 aliphatic carbocycles. The fourth-order valence-electron chi connectivity index (χ4n) is 1.56. The van der Waals surface area contributed by atoms with Crippen LogP contribution in [0.1, 0.15) is 53.5 Å². The van der Waals surface area contributed by atoms with Gasteiger partial charge in [-0.3, -0.25) is 4.68 Å². The zero-order valence-electron chi connectivity index (χ0n) is 12.4. The van der Waals surface area contributed by atoms with Gasteiger partial charge in [0.15, 0.2) is 5.75 Å². The Bertz CT molecular complexity index is 339. The second-order valence-corrected chi connectivity index (χ2v) is 5.98. The molecule has 4 heteroatoms. The standard InChI is InChI=1S/C14H27N3O/c1-12(2)17-11-13(10-16-17)18-9-7-6-8-15-14(3,4)5/h10-12,15H,6-9H2,1-5H3. The van der Waals surface area contributed by atoms with Crippen molar-refractivity contribution in [3.8, 4) is 5.75 Å². The van der Waals surface area contributed by atoms with Crippen molar-refractivity contribution in [1.82, 2.24) is 15.1 Å². The molecular weight excluding hydrogens is 226 g/mol. The van der Waals surface area contributed by atoms with Gasteiger partial charge in [-0.05, 0) is 54.0 Å². The Hall–Kier alpha value is -1.03. The Kier molecular flexibility index (Phi) is 5.66. The van der Waals surface area contributed by atoms with E-state index in [2.05, 4.69) is 45.0 Å². The molecule has 0 unspecified atom stereocenters. The molecular formula is C14H27N3O. The van der Waals surface area contributed by atoms with E-state index < -0.39 is 0 Å². The molecule has 1 aromatic rings. The molecule has 18 heavy (non-hydrogen) atoms. The molecule has 1 aromatic heterocycles. The highest BCUT2D eigenvalue weighted by Gasteiger charge is 2.07. The predicted molar refractivity (Wildman–Crippen MR) is 75.1 cm³/mol. The maximum absolute atomic E-state index is 5.66. The van der Waals surface area contributed by atoms with Gasteiger partial charge in [0.1, 0.15) is 0 Å². The molecule has 1 heterocycles. The smallest absolute Gasteiger partial charge is 0.157 e. The highest BCUT2D eigenvalue weighted by atomic mass is 16.5. The van der Waals surface area contributed by atoms with Gasteiger partial charge in [-0.25, -0.2) is 0 Å². The zero-order valence-corrected chi connectivity index (χ0v) is 12.4. The largest absolute Gasteiger partial charge is 0.490 e. The summed E-state index contributed by atoms with van der Waals surface area (Å²) in [6, 6.07) is 0.387. The molecule has 1 rings (SSSR count). The molecule has 0 aromatic carbocycles. The van der Waals surface area contributed by atoms with Gasteiger partial charge in [0.2, 0.25) is 0 Å². The quantitative estimate of drug-likeness (QED) is 0.759. The lowest BCUT2D eigenvalue weighted by Crippen LogP contribution is -2.36. The van der Waals surface area contributed by atoms with Crippen LogP contribution >= 0.6 is 0 Å². The van der Waals surface area contributed by atoms with Crippen molar-refractivity contribution < 1.29 is 4.74 Å². The lowest BCUT2D eigenvalue weighted by atomic mass is 10.1. The third-order valence-electron chi connectivity index (χ3n) is 2.60. The second kappa shape index (κ2) is 6.78. The molecule has 1 N–H and O–H groups in total. The Labute approximate surface area is 111 Å². The molecule has 4 nitrogen and oxygen atoms in total. The molecule has 104 valence electrons. The molecule has 0 spiro atoms. The van der Waals surface area contributed by atoms with Crippen molar-refractivity contribution in [2.45, 2.75) is 59.0 Å². The number of hydrogen-bond donors (Lipinski definition) is 1. The average Bonchev–Trinajstić information content (AvgIpc) is 2.70. The van der Waals surface area contributed by atoms with E-state index in [0.29, 0.717) is 6.04 Å².